The van der Waals surface area contributed by atoms with Gasteiger partial charge in [0.1, 0.15) is 22.9 Å². The monoisotopic (exact) mass is 419 g/mol. The highest BCUT2D eigenvalue weighted by Gasteiger charge is 2.32. The number of nitrogens with zero attached hydrogens (tertiary/aromatic N) is 2. The summed E-state index contributed by atoms with van der Waals surface area (Å²) in [6, 6.07) is 13.2. The van der Waals surface area contributed by atoms with Crippen molar-refractivity contribution in [2.45, 2.75) is 12.5 Å². The molecule has 2 aromatic carbocycles. The molecule has 1 aromatic heterocycles. The minimum atomic E-state index is -0.364. The fraction of sp³-hybridized carbons (Fsp3) is 0.174. The fourth-order valence-electron chi connectivity index (χ4n) is 3.80. The SMILES string of the molecule is C=CC(=O)Nc1ccccc1C1CCNc2c(C(=O)NC)c(-c3ccc(F)cc3)nn21. The van der Waals surface area contributed by atoms with Crippen LogP contribution in [0.4, 0.5) is 15.9 Å². The lowest BCUT2D eigenvalue weighted by atomic mass is 9.99. The number of fused-ring (bicyclic) bond motifs is 1. The van der Waals surface area contributed by atoms with Crippen LogP contribution in [0.15, 0.2) is 61.2 Å². The molecule has 0 fully saturated rings. The van der Waals surface area contributed by atoms with Crippen LogP contribution in [0.1, 0.15) is 28.4 Å². The zero-order chi connectivity index (χ0) is 22.0. The number of nitrogens with one attached hydrogen (secondary N) is 3. The van der Waals surface area contributed by atoms with E-state index in [2.05, 4.69) is 22.5 Å². The van der Waals surface area contributed by atoms with E-state index < -0.39 is 0 Å². The van der Waals surface area contributed by atoms with Crippen LogP contribution >= 0.6 is 0 Å². The van der Waals surface area contributed by atoms with E-state index in [0.717, 1.165) is 5.56 Å². The summed E-state index contributed by atoms with van der Waals surface area (Å²) in [5, 5.41) is 13.5. The van der Waals surface area contributed by atoms with Gasteiger partial charge < -0.3 is 16.0 Å². The van der Waals surface area contributed by atoms with E-state index in [9.17, 15) is 14.0 Å². The standard InChI is InChI=1S/C23H22FN5O2/c1-3-19(30)27-17-7-5-4-6-16(17)18-12-13-26-22-20(23(31)25-2)21(28-29(18)22)14-8-10-15(24)11-9-14/h3-11,18,26H,1,12-13H2,2H3,(H,25,31)(H,27,30). The number of anilines is 2. The summed E-state index contributed by atoms with van der Waals surface area (Å²) in [5.74, 6) is -0.376. The lowest BCUT2D eigenvalue weighted by Gasteiger charge is -2.28. The molecule has 1 atom stereocenters. The molecule has 1 aliphatic heterocycles. The molecule has 158 valence electrons. The first-order chi connectivity index (χ1) is 15.0. The van der Waals surface area contributed by atoms with Crippen LogP contribution in [0.5, 0.6) is 0 Å². The van der Waals surface area contributed by atoms with E-state index >= 15 is 0 Å². The van der Waals surface area contributed by atoms with E-state index in [1.807, 2.05) is 24.3 Å². The summed E-state index contributed by atoms with van der Waals surface area (Å²) >= 11 is 0. The van der Waals surface area contributed by atoms with Crippen molar-refractivity contribution >= 4 is 23.3 Å². The summed E-state index contributed by atoms with van der Waals surface area (Å²) in [6.45, 7) is 4.13. The van der Waals surface area contributed by atoms with E-state index in [0.29, 0.717) is 41.3 Å². The summed E-state index contributed by atoms with van der Waals surface area (Å²) in [6.07, 6.45) is 1.92. The van der Waals surface area contributed by atoms with Gasteiger partial charge in [-0.1, -0.05) is 24.8 Å². The molecule has 0 aliphatic carbocycles. The normalized spacial score (nSPS) is 14.8. The van der Waals surface area contributed by atoms with Gasteiger partial charge in [-0.2, -0.15) is 5.10 Å². The van der Waals surface area contributed by atoms with Crippen molar-refractivity contribution in [3.05, 3.63) is 78.1 Å². The lowest BCUT2D eigenvalue weighted by Crippen LogP contribution is -2.27. The summed E-state index contributed by atoms with van der Waals surface area (Å²) in [5.41, 5.74) is 3.02. The average Bonchev–Trinajstić information content (AvgIpc) is 3.19. The van der Waals surface area contributed by atoms with Gasteiger partial charge in [-0.25, -0.2) is 9.07 Å². The molecule has 0 saturated carbocycles. The van der Waals surface area contributed by atoms with Crippen molar-refractivity contribution in [3.63, 3.8) is 0 Å². The average molecular weight is 419 g/mol. The van der Waals surface area contributed by atoms with Crippen molar-refractivity contribution < 1.29 is 14.0 Å². The Hall–Kier alpha value is -3.94. The Morgan fingerprint density at radius 2 is 1.97 bits per heavy atom. The highest BCUT2D eigenvalue weighted by atomic mass is 19.1. The Morgan fingerprint density at radius 1 is 1.23 bits per heavy atom. The molecule has 7 nitrogen and oxygen atoms in total. The number of halogens is 1. The van der Waals surface area contributed by atoms with Gasteiger partial charge in [0.25, 0.3) is 5.91 Å². The van der Waals surface area contributed by atoms with Crippen molar-refractivity contribution in [1.82, 2.24) is 15.1 Å². The lowest BCUT2D eigenvalue weighted by molar-refractivity contribution is -0.111. The van der Waals surface area contributed by atoms with Crippen LogP contribution in [0, 0.1) is 5.82 Å². The Morgan fingerprint density at radius 3 is 2.68 bits per heavy atom. The van der Waals surface area contributed by atoms with E-state index in [1.54, 1.807) is 23.9 Å². The predicted molar refractivity (Wildman–Crippen MR) is 118 cm³/mol. The van der Waals surface area contributed by atoms with Crippen LogP contribution in [-0.2, 0) is 4.79 Å². The molecular formula is C23H22FN5O2. The topological polar surface area (TPSA) is 88.1 Å². The maximum absolute atomic E-state index is 13.5. The van der Waals surface area contributed by atoms with Crippen molar-refractivity contribution in [2.75, 3.05) is 24.2 Å². The third kappa shape index (κ3) is 3.79. The van der Waals surface area contributed by atoms with Gasteiger partial charge in [0.05, 0.1) is 6.04 Å². The number of rotatable bonds is 5. The van der Waals surface area contributed by atoms with Gasteiger partial charge in [0, 0.05) is 30.4 Å². The minimum Gasteiger partial charge on any atom is -0.369 e. The van der Waals surface area contributed by atoms with Crippen LogP contribution in [-0.4, -0.2) is 35.2 Å². The second kappa shape index (κ2) is 8.43. The maximum atomic E-state index is 13.5. The third-order valence-corrected chi connectivity index (χ3v) is 5.25. The number of benzene rings is 2. The molecule has 0 bridgehead atoms. The summed E-state index contributed by atoms with van der Waals surface area (Å²) < 4.78 is 15.2. The Bertz CT molecular complexity index is 1150. The first kappa shape index (κ1) is 20.3. The highest BCUT2D eigenvalue weighted by molar-refractivity contribution is 6.04. The molecule has 0 saturated heterocycles. The summed E-state index contributed by atoms with van der Waals surface area (Å²) in [7, 11) is 1.56. The van der Waals surface area contributed by atoms with Gasteiger partial charge in [0.15, 0.2) is 0 Å². The number of carbonyl (C=O) groups is 2. The third-order valence-electron chi connectivity index (χ3n) is 5.25. The number of carbonyl (C=O) groups excluding carboxylic acids is 2. The summed E-state index contributed by atoms with van der Waals surface area (Å²) in [4.78, 5) is 24.7. The minimum absolute atomic E-state index is 0.213. The number of amides is 2. The van der Waals surface area contributed by atoms with Gasteiger partial charge in [-0.05, 0) is 42.8 Å². The van der Waals surface area contributed by atoms with Crippen LogP contribution in [0.3, 0.4) is 0 Å². The molecule has 0 spiro atoms. The van der Waals surface area contributed by atoms with Gasteiger partial charge in [-0.15, -0.1) is 0 Å². The van der Waals surface area contributed by atoms with Gasteiger partial charge in [-0.3, -0.25) is 9.59 Å². The Labute approximate surface area is 179 Å². The number of hydrogen-bond acceptors (Lipinski definition) is 4. The molecule has 1 unspecified atom stereocenters. The highest BCUT2D eigenvalue weighted by Crippen LogP contribution is 2.38. The second-order valence-electron chi connectivity index (χ2n) is 7.11. The van der Waals surface area contributed by atoms with Crippen LogP contribution in [0.2, 0.25) is 0 Å². The molecule has 1 aliphatic rings. The van der Waals surface area contributed by atoms with Crippen LogP contribution in [0.25, 0.3) is 11.3 Å². The number of hydrogen-bond donors (Lipinski definition) is 3. The quantitative estimate of drug-likeness (QED) is 0.552. The first-order valence-electron chi connectivity index (χ1n) is 9.90. The fourth-order valence-corrected chi connectivity index (χ4v) is 3.80. The molecule has 2 amide bonds. The van der Waals surface area contributed by atoms with Crippen molar-refractivity contribution in [3.8, 4) is 11.3 Å². The molecule has 8 heteroatoms. The van der Waals surface area contributed by atoms with Gasteiger partial charge in [0.2, 0.25) is 5.91 Å². The number of para-hydroxylation sites is 1. The zero-order valence-electron chi connectivity index (χ0n) is 17.0. The molecule has 3 aromatic rings. The molecule has 3 N–H and O–H groups in total. The number of aromatic nitrogens is 2. The van der Waals surface area contributed by atoms with Crippen LogP contribution < -0.4 is 16.0 Å². The molecule has 0 radical (unpaired) electrons. The largest absolute Gasteiger partial charge is 0.369 e. The molecular weight excluding hydrogens is 397 g/mol. The smallest absolute Gasteiger partial charge is 0.257 e. The first-order valence-corrected chi connectivity index (χ1v) is 9.90. The second-order valence-corrected chi connectivity index (χ2v) is 7.11. The zero-order valence-corrected chi connectivity index (χ0v) is 17.0. The van der Waals surface area contributed by atoms with E-state index in [4.69, 9.17) is 5.10 Å². The maximum Gasteiger partial charge on any atom is 0.257 e. The van der Waals surface area contributed by atoms with E-state index in [1.165, 1.54) is 18.2 Å². The van der Waals surface area contributed by atoms with Crippen molar-refractivity contribution in [1.29, 1.82) is 0 Å². The van der Waals surface area contributed by atoms with Crippen molar-refractivity contribution in [2.24, 2.45) is 0 Å². The molecule has 4 rings (SSSR count). The molecule has 31 heavy (non-hydrogen) atoms. The molecule has 2 heterocycles. The van der Waals surface area contributed by atoms with Gasteiger partial charge >= 0.3 is 0 Å². The van der Waals surface area contributed by atoms with E-state index in [-0.39, 0.29) is 23.7 Å². The Kier molecular flexibility index (Phi) is 5.53. The Balaban J connectivity index is 1.86. The predicted octanol–water partition coefficient (Wildman–Crippen LogP) is 3.58.